The Morgan fingerprint density at radius 3 is 1.44 bits per heavy atom. The zero-order valence-corrected chi connectivity index (χ0v) is 18.2. The topological polar surface area (TPSA) is 40.6 Å². The fraction of sp³-hybridized carbons (Fsp3) is 0.913. The quantitative estimate of drug-likeness (QED) is 0.679. The second-order valence-corrected chi connectivity index (χ2v) is 12.6. The predicted molar refractivity (Wildman–Crippen MR) is 107 cm³/mol. The number of amides is 2. The maximum absolute atomic E-state index is 13.1. The molecule has 152 valence electrons. The van der Waals surface area contributed by atoms with E-state index in [0.29, 0.717) is 22.9 Å². The van der Waals surface area contributed by atoms with Gasteiger partial charge in [0.05, 0.1) is 0 Å². The Morgan fingerprint density at radius 2 is 1.07 bits per heavy atom. The Kier molecular flexibility index (Phi) is 4.09. The minimum atomic E-state index is 0.0669. The van der Waals surface area contributed by atoms with Crippen LogP contribution >= 0.6 is 0 Å². The molecule has 0 unspecified atom stereocenters. The van der Waals surface area contributed by atoms with Crippen LogP contribution in [0.15, 0.2) is 0 Å². The number of hydrogen-bond donors (Lipinski definition) is 0. The van der Waals surface area contributed by atoms with E-state index in [1.807, 2.05) is 0 Å². The minimum Gasteiger partial charge on any atom is -0.339 e. The van der Waals surface area contributed by atoms with Crippen molar-refractivity contribution < 1.29 is 9.59 Å². The summed E-state index contributed by atoms with van der Waals surface area (Å²) in [7, 11) is 0. The highest BCUT2D eigenvalue weighted by molar-refractivity contribution is 5.97. The van der Waals surface area contributed by atoms with E-state index in [2.05, 4.69) is 51.3 Å². The summed E-state index contributed by atoms with van der Waals surface area (Å²) in [5, 5.41) is 0. The van der Waals surface area contributed by atoms with Gasteiger partial charge in [0.25, 0.3) is 0 Å². The second-order valence-electron chi connectivity index (χ2n) is 12.6. The number of carbonyl (C=O) groups is 2. The molecule has 4 nitrogen and oxygen atoms in total. The van der Waals surface area contributed by atoms with Crippen LogP contribution in [0.5, 0.6) is 0 Å². The van der Waals surface area contributed by atoms with Crippen LogP contribution in [0.3, 0.4) is 0 Å². The zero-order chi connectivity index (χ0) is 19.8. The maximum Gasteiger partial charge on any atom is 0.232 e. The highest BCUT2D eigenvalue weighted by Crippen LogP contribution is 2.54. The molecule has 0 aromatic heterocycles. The van der Waals surface area contributed by atoms with E-state index in [-0.39, 0.29) is 29.1 Å². The number of likely N-dealkylation sites (tertiary alicyclic amines) is 2. The van der Waals surface area contributed by atoms with Gasteiger partial charge in [0.1, 0.15) is 6.42 Å². The molecule has 0 spiro atoms. The summed E-state index contributed by atoms with van der Waals surface area (Å²) in [6.45, 7) is 15.6. The second kappa shape index (κ2) is 5.73. The summed E-state index contributed by atoms with van der Waals surface area (Å²) in [6, 6.07) is 0.654. The van der Waals surface area contributed by atoms with Crippen LogP contribution in [-0.2, 0) is 9.59 Å². The third-order valence-corrected chi connectivity index (χ3v) is 7.77. The van der Waals surface area contributed by atoms with E-state index in [4.69, 9.17) is 0 Å². The van der Waals surface area contributed by atoms with Gasteiger partial charge in [-0.15, -0.1) is 0 Å². The lowest BCUT2D eigenvalue weighted by Crippen LogP contribution is -2.42. The molecule has 4 rings (SSSR count). The van der Waals surface area contributed by atoms with Crippen molar-refractivity contribution in [2.24, 2.45) is 21.7 Å². The van der Waals surface area contributed by atoms with E-state index in [0.717, 1.165) is 38.8 Å². The zero-order valence-electron chi connectivity index (χ0n) is 18.2. The van der Waals surface area contributed by atoms with Crippen LogP contribution in [0.25, 0.3) is 0 Å². The Bertz CT molecular complexity index is 613. The summed E-state index contributed by atoms with van der Waals surface area (Å²) in [4.78, 5) is 30.3. The Morgan fingerprint density at radius 1 is 0.704 bits per heavy atom. The average Bonchev–Trinajstić information content (AvgIpc) is 2.86. The molecule has 2 heterocycles. The van der Waals surface area contributed by atoms with Crippen molar-refractivity contribution in [3.05, 3.63) is 0 Å². The largest absolute Gasteiger partial charge is 0.339 e. The van der Waals surface area contributed by atoms with E-state index in [9.17, 15) is 9.59 Å². The molecule has 4 aliphatic rings. The molecule has 0 aromatic rings. The molecular weight excluding hydrogens is 336 g/mol. The lowest BCUT2D eigenvalue weighted by atomic mass is 9.65. The fourth-order valence-electron chi connectivity index (χ4n) is 7.84. The third-order valence-electron chi connectivity index (χ3n) is 7.77. The van der Waals surface area contributed by atoms with E-state index >= 15 is 0 Å². The standard InChI is InChI=1S/C23H38N2O2/c1-20(2)8-16-10-22(5,12-20)14-24(16)18(26)7-19(27)25-15-23(6)11-17(25)9-21(3,4)13-23/h16-17H,7-15H2,1-6H3/t16-,17-,22-,23-/m0/s1. The van der Waals surface area contributed by atoms with Crippen LogP contribution in [-0.4, -0.2) is 46.8 Å². The Hall–Kier alpha value is -1.06. The van der Waals surface area contributed by atoms with Crippen LogP contribution in [0.1, 0.15) is 86.5 Å². The maximum atomic E-state index is 13.1. The number of fused-ring (bicyclic) bond motifs is 4. The minimum absolute atomic E-state index is 0.0669. The van der Waals surface area contributed by atoms with Crippen LogP contribution < -0.4 is 0 Å². The smallest absolute Gasteiger partial charge is 0.232 e. The van der Waals surface area contributed by atoms with Gasteiger partial charge in [-0.25, -0.2) is 0 Å². The molecule has 2 aliphatic carbocycles. The number of carbonyl (C=O) groups excluding carboxylic acids is 2. The number of hydrogen-bond acceptors (Lipinski definition) is 2. The van der Waals surface area contributed by atoms with Gasteiger partial charge >= 0.3 is 0 Å². The van der Waals surface area contributed by atoms with Crippen molar-refractivity contribution in [1.82, 2.24) is 9.80 Å². The van der Waals surface area contributed by atoms with Gasteiger partial charge in [-0.1, -0.05) is 41.5 Å². The molecule has 0 aromatic carbocycles. The monoisotopic (exact) mass is 374 g/mol. The SMILES string of the molecule is CC1(C)C[C@H]2C[C@](C)(CN2C(=O)CC(=O)N2C[C@@]3(C)C[C@@H]2CC(C)(C)C3)C1. The van der Waals surface area contributed by atoms with Gasteiger partial charge in [0.15, 0.2) is 0 Å². The van der Waals surface area contributed by atoms with E-state index < -0.39 is 0 Å². The number of rotatable bonds is 2. The predicted octanol–water partition coefficient (Wildman–Crippen LogP) is 4.23. The van der Waals surface area contributed by atoms with Gasteiger partial charge in [-0.05, 0) is 60.2 Å². The summed E-state index contributed by atoms with van der Waals surface area (Å²) in [5.74, 6) is 0.134. The van der Waals surface area contributed by atoms with Crippen molar-refractivity contribution in [3.8, 4) is 0 Å². The first-order valence-corrected chi connectivity index (χ1v) is 10.9. The lowest BCUT2D eigenvalue weighted by molar-refractivity contribution is -0.141. The highest BCUT2D eigenvalue weighted by Gasteiger charge is 2.53. The molecule has 2 amide bonds. The fourth-order valence-corrected chi connectivity index (χ4v) is 7.84. The molecule has 0 N–H and O–H groups in total. The summed E-state index contributed by atoms with van der Waals surface area (Å²) < 4.78 is 0. The molecule has 4 heteroatoms. The first kappa shape index (κ1) is 19.3. The summed E-state index contributed by atoms with van der Waals surface area (Å²) >= 11 is 0. The lowest BCUT2D eigenvalue weighted by Gasteiger charge is -2.39. The Labute approximate surface area is 165 Å². The van der Waals surface area contributed by atoms with Crippen molar-refractivity contribution in [3.63, 3.8) is 0 Å². The van der Waals surface area contributed by atoms with Gasteiger partial charge in [0, 0.05) is 25.2 Å². The molecule has 0 radical (unpaired) electrons. The van der Waals surface area contributed by atoms with Gasteiger partial charge in [-0.2, -0.15) is 0 Å². The third kappa shape index (κ3) is 3.53. The van der Waals surface area contributed by atoms with E-state index in [1.165, 1.54) is 12.8 Å². The van der Waals surface area contributed by atoms with Crippen LogP contribution in [0.2, 0.25) is 0 Å². The van der Waals surface area contributed by atoms with Crippen LogP contribution in [0, 0.1) is 21.7 Å². The van der Waals surface area contributed by atoms with Crippen LogP contribution in [0.4, 0.5) is 0 Å². The first-order chi connectivity index (χ1) is 12.3. The summed E-state index contributed by atoms with van der Waals surface area (Å²) in [6.07, 6.45) is 6.78. The first-order valence-electron chi connectivity index (χ1n) is 10.9. The van der Waals surface area contributed by atoms with Crippen molar-refractivity contribution in [2.45, 2.75) is 98.6 Å². The normalized spacial score (nSPS) is 41.7. The molecule has 2 aliphatic heterocycles. The van der Waals surface area contributed by atoms with Crippen molar-refractivity contribution in [1.29, 1.82) is 0 Å². The van der Waals surface area contributed by atoms with Crippen molar-refractivity contribution in [2.75, 3.05) is 13.1 Å². The molecular formula is C23H38N2O2. The van der Waals surface area contributed by atoms with Gasteiger partial charge < -0.3 is 9.80 Å². The molecule has 4 bridgehead atoms. The van der Waals surface area contributed by atoms with E-state index in [1.54, 1.807) is 0 Å². The molecule has 4 fully saturated rings. The molecule has 2 saturated heterocycles. The molecule has 27 heavy (non-hydrogen) atoms. The summed E-state index contributed by atoms with van der Waals surface area (Å²) in [5.41, 5.74) is 1.05. The van der Waals surface area contributed by atoms with Crippen molar-refractivity contribution >= 4 is 11.8 Å². The molecule has 4 atom stereocenters. The van der Waals surface area contributed by atoms with Gasteiger partial charge in [-0.3, -0.25) is 9.59 Å². The van der Waals surface area contributed by atoms with Gasteiger partial charge in [0.2, 0.25) is 11.8 Å². The number of nitrogens with zero attached hydrogens (tertiary/aromatic N) is 2. The highest BCUT2D eigenvalue weighted by atomic mass is 16.2. The molecule has 2 saturated carbocycles. The average molecular weight is 375 g/mol. The Balaban J connectivity index is 1.43.